The molecular formula is C21H25FN2O2. The van der Waals surface area contributed by atoms with Crippen molar-refractivity contribution in [2.45, 2.75) is 37.6 Å². The zero-order valence-electron chi connectivity index (χ0n) is 14.9. The molecule has 0 bridgehead atoms. The zero-order chi connectivity index (χ0) is 17.9. The summed E-state index contributed by atoms with van der Waals surface area (Å²) in [4.78, 5) is 15.3. The van der Waals surface area contributed by atoms with Gasteiger partial charge in [0.05, 0.1) is 18.2 Å². The van der Waals surface area contributed by atoms with E-state index in [0.717, 1.165) is 37.3 Å². The van der Waals surface area contributed by atoms with Gasteiger partial charge in [-0.3, -0.25) is 9.69 Å². The van der Waals surface area contributed by atoms with Gasteiger partial charge in [-0.15, -0.1) is 0 Å². The van der Waals surface area contributed by atoms with Crippen LogP contribution in [0.3, 0.4) is 0 Å². The van der Waals surface area contributed by atoms with Gasteiger partial charge in [0.2, 0.25) is 5.91 Å². The lowest BCUT2D eigenvalue weighted by Gasteiger charge is -2.27. The van der Waals surface area contributed by atoms with E-state index in [-0.39, 0.29) is 23.7 Å². The molecule has 0 radical (unpaired) electrons. The number of hydrogen-bond donors (Lipinski definition) is 1. The first kappa shape index (κ1) is 17.3. The Labute approximate surface area is 153 Å². The summed E-state index contributed by atoms with van der Waals surface area (Å²) in [6.45, 7) is 2.60. The van der Waals surface area contributed by atoms with Crippen LogP contribution in [0.1, 0.15) is 49.0 Å². The maximum absolute atomic E-state index is 13.2. The molecule has 1 amide bonds. The van der Waals surface area contributed by atoms with Crippen molar-refractivity contribution in [2.24, 2.45) is 5.92 Å². The largest absolute Gasteiger partial charge is 0.468 e. The fraction of sp³-hybridized carbons (Fsp3) is 0.476. The molecule has 1 saturated heterocycles. The molecule has 1 aliphatic heterocycles. The second-order valence-corrected chi connectivity index (χ2v) is 7.39. The summed E-state index contributed by atoms with van der Waals surface area (Å²) in [5.41, 5.74) is 0.905. The van der Waals surface area contributed by atoms with Crippen molar-refractivity contribution in [2.75, 3.05) is 19.6 Å². The van der Waals surface area contributed by atoms with Crippen molar-refractivity contribution < 1.29 is 13.6 Å². The number of carbonyl (C=O) groups is 1. The number of halogens is 1. The van der Waals surface area contributed by atoms with Crippen LogP contribution in [0.25, 0.3) is 0 Å². The molecule has 1 aromatic heterocycles. The van der Waals surface area contributed by atoms with Crippen LogP contribution in [0.15, 0.2) is 47.1 Å². The maximum Gasteiger partial charge on any atom is 0.227 e. The van der Waals surface area contributed by atoms with Crippen LogP contribution in [0, 0.1) is 11.7 Å². The van der Waals surface area contributed by atoms with Crippen molar-refractivity contribution in [1.82, 2.24) is 10.2 Å². The van der Waals surface area contributed by atoms with Gasteiger partial charge >= 0.3 is 0 Å². The minimum absolute atomic E-state index is 0.0369. The third-order valence-corrected chi connectivity index (χ3v) is 5.53. The topological polar surface area (TPSA) is 45.5 Å². The molecule has 2 heterocycles. The standard InChI is InChI=1S/C21H25FN2O2/c22-17-9-7-16(8-10-17)20(15-5-6-15)21(25)23-14-18(19-4-3-13-26-19)24-11-1-2-12-24/h3-4,7-10,13,15,18,20H,1-2,5-6,11-12,14H2,(H,23,25). The quantitative estimate of drug-likeness (QED) is 0.819. The number of carbonyl (C=O) groups excluding carboxylic acids is 1. The number of nitrogens with zero attached hydrogens (tertiary/aromatic N) is 1. The fourth-order valence-corrected chi connectivity index (χ4v) is 3.99. The summed E-state index contributed by atoms with van der Waals surface area (Å²) >= 11 is 0. The predicted octanol–water partition coefficient (Wildman–Crippen LogP) is 3.87. The number of hydrogen-bond acceptors (Lipinski definition) is 3. The third kappa shape index (κ3) is 3.83. The molecule has 1 saturated carbocycles. The molecule has 1 aromatic carbocycles. The van der Waals surface area contributed by atoms with Gasteiger partial charge in [0.1, 0.15) is 11.6 Å². The fourth-order valence-electron chi connectivity index (χ4n) is 3.99. The molecule has 138 valence electrons. The Morgan fingerprint density at radius 2 is 1.92 bits per heavy atom. The van der Waals surface area contributed by atoms with Gasteiger partial charge in [0.15, 0.2) is 0 Å². The van der Waals surface area contributed by atoms with Crippen LogP contribution >= 0.6 is 0 Å². The van der Waals surface area contributed by atoms with Crippen LogP contribution in [0.4, 0.5) is 4.39 Å². The lowest BCUT2D eigenvalue weighted by atomic mass is 9.93. The zero-order valence-corrected chi connectivity index (χ0v) is 14.9. The summed E-state index contributed by atoms with van der Waals surface area (Å²) in [6, 6.07) is 10.3. The van der Waals surface area contributed by atoms with Crippen LogP contribution in [0.2, 0.25) is 0 Å². The summed E-state index contributed by atoms with van der Waals surface area (Å²) in [6.07, 6.45) is 6.18. The highest BCUT2D eigenvalue weighted by Crippen LogP contribution is 2.42. The maximum atomic E-state index is 13.2. The van der Waals surface area contributed by atoms with E-state index in [1.807, 2.05) is 12.1 Å². The second-order valence-electron chi connectivity index (χ2n) is 7.39. The minimum Gasteiger partial charge on any atom is -0.468 e. The van der Waals surface area contributed by atoms with Crippen molar-refractivity contribution in [3.8, 4) is 0 Å². The molecule has 2 unspecified atom stereocenters. The third-order valence-electron chi connectivity index (χ3n) is 5.53. The van der Waals surface area contributed by atoms with Gasteiger partial charge in [0, 0.05) is 6.54 Å². The number of rotatable bonds is 7. The first-order chi connectivity index (χ1) is 12.7. The van der Waals surface area contributed by atoms with Crippen molar-refractivity contribution >= 4 is 5.91 Å². The molecule has 1 aliphatic carbocycles. The molecule has 26 heavy (non-hydrogen) atoms. The Bertz CT molecular complexity index is 719. The van der Waals surface area contributed by atoms with Gasteiger partial charge in [-0.1, -0.05) is 12.1 Å². The Balaban J connectivity index is 1.45. The second kappa shape index (κ2) is 7.62. The van der Waals surface area contributed by atoms with Crippen LogP contribution in [-0.2, 0) is 4.79 Å². The van der Waals surface area contributed by atoms with Crippen LogP contribution in [0.5, 0.6) is 0 Å². The Morgan fingerprint density at radius 1 is 1.19 bits per heavy atom. The van der Waals surface area contributed by atoms with Gasteiger partial charge in [-0.05, 0) is 74.5 Å². The normalized spacial score (nSPS) is 20.0. The van der Waals surface area contributed by atoms with E-state index in [4.69, 9.17) is 4.42 Å². The average molecular weight is 356 g/mol. The molecular weight excluding hydrogens is 331 g/mol. The predicted molar refractivity (Wildman–Crippen MR) is 97.1 cm³/mol. The summed E-state index contributed by atoms with van der Waals surface area (Å²) in [5.74, 6) is 0.850. The first-order valence-corrected chi connectivity index (χ1v) is 9.53. The molecule has 4 rings (SSSR count). The molecule has 4 nitrogen and oxygen atoms in total. The van der Waals surface area contributed by atoms with E-state index < -0.39 is 0 Å². The molecule has 5 heteroatoms. The molecule has 2 aliphatic rings. The van der Waals surface area contributed by atoms with E-state index in [0.29, 0.717) is 12.5 Å². The first-order valence-electron chi connectivity index (χ1n) is 9.53. The van der Waals surface area contributed by atoms with Gasteiger partial charge < -0.3 is 9.73 Å². The Kier molecular flexibility index (Phi) is 5.07. The minimum atomic E-state index is -0.268. The van der Waals surface area contributed by atoms with E-state index in [9.17, 15) is 9.18 Å². The van der Waals surface area contributed by atoms with E-state index >= 15 is 0 Å². The highest BCUT2D eigenvalue weighted by Gasteiger charge is 2.37. The van der Waals surface area contributed by atoms with Gasteiger partial charge in [-0.2, -0.15) is 0 Å². The Morgan fingerprint density at radius 3 is 2.54 bits per heavy atom. The summed E-state index contributed by atoms with van der Waals surface area (Å²) < 4.78 is 18.9. The smallest absolute Gasteiger partial charge is 0.227 e. The summed E-state index contributed by atoms with van der Waals surface area (Å²) in [5, 5.41) is 3.15. The average Bonchev–Trinajstić information content (AvgIpc) is 3.12. The van der Waals surface area contributed by atoms with E-state index in [2.05, 4.69) is 10.2 Å². The molecule has 2 atom stereocenters. The van der Waals surface area contributed by atoms with Crippen molar-refractivity contribution in [3.05, 3.63) is 59.8 Å². The van der Waals surface area contributed by atoms with Crippen LogP contribution < -0.4 is 5.32 Å². The van der Waals surface area contributed by atoms with Crippen LogP contribution in [-0.4, -0.2) is 30.4 Å². The lowest BCUT2D eigenvalue weighted by Crippen LogP contribution is -2.39. The lowest BCUT2D eigenvalue weighted by molar-refractivity contribution is -0.123. The highest BCUT2D eigenvalue weighted by atomic mass is 19.1. The van der Waals surface area contributed by atoms with E-state index in [1.54, 1.807) is 18.4 Å². The number of nitrogens with one attached hydrogen (secondary N) is 1. The van der Waals surface area contributed by atoms with E-state index in [1.165, 1.54) is 25.0 Å². The monoisotopic (exact) mass is 356 g/mol. The van der Waals surface area contributed by atoms with Gasteiger partial charge in [0.25, 0.3) is 0 Å². The highest BCUT2D eigenvalue weighted by molar-refractivity contribution is 5.84. The molecule has 2 aromatic rings. The molecule has 2 fully saturated rings. The molecule has 1 N–H and O–H groups in total. The number of furan rings is 1. The SMILES string of the molecule is O=C(NCC(c1ccco1)N1CCCC1)C(c1ccc(F)cc1)C1CC1. The number of likely N-dealkylation sites (tertiary alicyclic amines) is 1. The Hall–Kier alpha value is -2.14. The summed E-state index contributed by atoms with van der Waals surface area (Å²) in [7, 11) is 0. The molecule has 0 spiro atoms. The van der Waals surface area contributed by atoms with Gasteiger partial charge in [-0.25, -0.2) is 4.39 Å². The van der Waals surface area contributed by atoms with Crippen molar-refractivity contribution in [3.63, 3.8) is 0 Å². The number of amides is 1. The van der Waals surface area contributed by atoms with Crippen molar-refractivity contribution in [1.29, 1.82) is 0 Å². The number of benzene rings is 1.